The van der Waals surface area contributed by atoms with Gasteiger partial charge in [-0.2, -0.15) is 5.10 Å². The van der Waals surface area contributed by atoms with Crippen molar-refractivity contribution in [1.29, 1.82) is 0 Å². The van der Waals surface area contributed by atoms with Crippen LogP contribution in [0.25, 0.3) is 0 Å². The van der Waals surface area contributed by atoms with E-state index in [-0.39, 0.29) is 23.5 Å². The Morgan fingerprint density at radius 1 is 0.970 bits per heavy atom. The molecular weight excluding hydrogens is 416 g/mol. The molecule has 2 amide bonds. The number of carbonyl (C=O) groups is 2. The first kappa shape index (κ1) is 22.3. The van der Waals surface area contributed by atoms with Gasteiger partial charge in [0.2, 0.25) is 5.91 Å². The molecule has 0 unspecified atom stereocenters. The van der Waals surface area contributed by atoms with Gasteiger partial charge in [-0.05, 0) is 36.5 Å². The molecule has 3 aromatic rings. The van der Waals surface area contributed by atoms with Crippen LogP contribution in [0.15, 0.2) is 70.2 Å². The van der Waals surface area contributed by atoms with E-state index in [2.05, 4.69) is 35.2 Å². The summed E-state index contributed by atoms with van der Waals surface area (Å²) in [4.78, 5) is 25.0. The third-order valence-corrected chi connectivity index (χ3v) is 5.62. The summed E-state index contributed by atoms with van der Waals surface area (Å²) in [6.45, 7) is 6.14. The van der Waals surface area contributed by atoms with Crippen molar-refractivity contribution in [2.24, 2.45) is 10.5 Å². The van der Waals surface area contributed by atoms with E-state index in [1.165, 1.54) is 0 Å². The Balaban J connectivity index is 1.51. The zero-order valence-electron chi connectivity index (χ0n) is 19.1. The predicted octanol–water partition coefficient (Wildman–Crippen LogP) is 4.38. The number of benzene rings is 2. The van der Waals surface area contributed by atoms with Crippen LogP contribution in [0.5, 0.6) is 0 Å². The van der Waals surface area contributed by atoms with Crippen molar-refractivity contribution >= 4 is 23.2 Å². The van der Waals surface area contributed by atoms with Crippen molar-refractivity contribution in [1.82, 2.24) is 10.9 Å². The van der Waals surface area contributed by atoms with E-state index in [0.29, 0.717) is 12.0 Å². The van der Waals surface area contributed by atoms with Crippen molar-refractivity contribution in [2.45, 2.75) is 40.0 Å². The summed E-state index contributed by atoms with van der Waals surface area (Å²) >= 11 is 0. The van der Waals surface area contributed by atoms with Crippen LogP contribution in [0, 0.1) is 12.3 Å². The first-order chi connectivity index (χ1) is 15.8. The summed E-state index contributed by atoms with van der Waals surface area (Å²) in [5.74, 6) is 0.124. The quantitative estimate of drug-likeness (QED) is 0.509. The molecule has 2 aromatic carbocycles. The number of hydrazine groups is 1. The van der Waals surface area contributed by atoms with Gasteiger partial charge >= 0.3 is 5.91 Å². The maximum atomic E-state index is 12.8. The number of hydrogen-bond donors (Lipinski definition) is 3. The molecule has 1 aliphatic rings. The zero-order valence-corrected chi connectivity index (χ0v) is 19.1. The lowest BCUT2D eigenvalue weighted by atomic mass is 9.75. The molecule has 1 aliphatic carbocycles. The van der Waals surface area contributed by atoms with Crippen molar-refractivity contribution in [3.05, 3.63) is 88.9 Å². The second-order valence-corrected chi connectivity index (χ2v) is 9.07. The molecule has 1 aromatic heterocycles. The van der Waals surface area contributed by atoms with Gasteiger partial charge in [-0.15, -0.1) is 0 Å². The number of fused-ring (bicyclic) bond motifs is 1. The zero-order chi connectivity index (χ0) is 23.4. The van der Waals surface area contributed by atoms with E-state index in [1.807, 2.05) is 67.6 Å². The Labute approximate surface area is 193 Å². The summed E-state index contributed by atoms with van der Waals surface area (Å²) in [5, 5.41) is 4.65. The predicted molar refractivity (Wildman–Crippen MR) is 128 cm³/mol. The fraction of sp³-hybridized carbons (Fsp3) is 0.269. The molecule has 3 N–H and O–H groups in total. The molecule has 0 radical (unpaired) electrons. The van der Waals surface area contributed by atoms with Crippen molar-refractivity contribution in [3.63, 3.8) is 0 Å². The smallest absolute Gasteiger partial charge is 0.305 e. The second kappa shape index (κ2) is 9.32. The third-order valence-electron chi connectivity index (χ3n) is 5.62. The monoisotopic (exact) mass is 444 g/mol. The van der Waals surface area contributed by atoms with Crippen LogP contribution < -0.4 is 16.3 Å². The number of rotatable bonds is 5. The molecule has 4 rings (SSSR count). The first-order valence-corrected chi connectivity index (χ1v) is 11.0. The van der Waals surface area contributed by atoms with Crippen LogP contribution >= 0.6 is 0 Å². The molecule has 0 aliphatic heterocycles. The molecule has 0 atom stereocenters. The highest BCUT2D eigenvalue weighted by molar-refractivity contribution is 6.07. The summed E-state index contributed by atoms with van der Waals surface area (Å²) < 4.78 is 6.00. The molecule has 170 valence electrons. The normalized spacial score (nSPS) is 15.5. The van der Waals surface area contributed by atoms with Crippen molar-refractivity contribution < 1.29 is 14.0 Å². The third kappa shape index (κ3) is 5.31. The van der Waals surface area contributed by atoms with E-state index >= 15 is 0 Å². The Kier molecular flexibility index (Phi) is 6.31. The molecular formula is C26H28N4O3. The molecule has 0 bridgehead atoms. The minimum Gasteiger partial charge on any atom is -0.455 e. The first-order valence-electron chi connectivity index (χ1n) is 11.0. The molecule has 0 fully saturated rings. The highest BCUT2D eigenvalue weighted by Crippen LogP contribution is 2.39. The van der Waals surface area contributed by atoms with Gasteiger partial charge in [-0.3, -0.25) is 25.9 Å². The molecule has 7 heteroatoms. The van der Waals surface area contributed by atoms with Gasteiger partial charge in [0.25, 0.3) is 0 Å². The maximum absolute atomic E-state index is 12.8. The van der Waals surface area contributed by atoms with Gasteiger partial charge < -0.3 is 4.42 Å². The van der Waals surface area contributed by atoms with Crippen LogP contribution in [0.1, 0.15) is 53.3 Å². The number of hydrazone groups is 1. The number of furan rings is 1. The molecule has 0 spiro atoms. The Hall–Kier alpha value is -3.87. The summed E-state index contributed by atoms with van der Waals surface area (Å²) in [5.41, 5.74) is 12.2. The minimum absolute atomic E-state index is 0.0634. The highest BCUT2D eigenvalue weighted by Gasteiger charge is 2.36. The Morgan fingerprint density at radius 3 is 2.33 bits per heavy atom. The van der Waals surface area contributed by atoms with Gasteiger partial charge in [0, 0.05) is 17.5 Å². The Morgan fingerprint density at radius 2 is 1.64 bits per heavy atom. The van der Waals surface area contributed by atoms with E-state index < -0.39 is 5.91 Å². The van der Waals surface area contributed by atoms with Crippen molar-refractivity contribution in [3.8, 4) is 0 Å². The fourth-order valence-corrected chi connectivity index (χ4v) is 4.08. The average Bonchev–Trinajstić information content (AvgIpc) is 3.12. The largest absolute Gasteiger partial charge is 0.455 e. The highest BCUT2D eigenvalue weighted by atomic mass is 16.4. The second-order valence-electron chi connectivity index (χ2n) is 9.07. The number of nitrogens with zero attached hydrogens (tertiary/aromatic N) is 1. The van der Waals surface area contributed by atoms with Gasteiger partial charge in [0.15, 0.2) is 5.76 Å². The summed E-state index contributed by atoms with van der Waals surface area (Å²) in [7, 11) is 0. The summed E-state index contributed by atoms with van der Waals surface area (Å²) in [6, 6.07) is 19.1. The standard InChI is InChI=1S/C26H28N4O3/c1-17-23-20(28-27-19-12-8-5-9-13-19)15-26(2,3)16-21(23)33-24(17)25(32)30-29-22(31)14-18-10-6-4-7-11-18/h4-13,27H,14-16H2,1-3H3,(H,29,31)(H,30,32)/b28-20-. The van der Waals surface area contributed by atoms with Crippen LogP contribution in [0.4, 0.5) is 5.69 Å². The average molecular weight is 445 g/mol. The lowest BCUT2D eigenvalue weighted by molar-refractivity contribution is -0.121. The molecule has 0 saturated heterocycles. The van der Waals surface area contributed by atoms with E-state index in [0.717, 1.165) is 34.7 Å². The lowest BCUT2D eigenvalue weighted by Crippen LogP contribution is -2.42. The van der Waals surface area contributed by atoms with E-state index in [1.54, 1.807) is 0 Å². The molecule has 7 nitrogen and oxygen atoms in total. The SMILES string of the molecule is Cc1c(C(=O)NNC(=O)Cc2ccccc2)oc2c1/C(=N\Nc1ccccc1)CC(C)(C)C2. The maximum Gasteiger partial charge on any atom is 0.305 e. The number of carbonyl (C=O) groups excluding carboxylic acids is 2. The van der Waals surface area contributed by atoms with E-state index in [4.69, 9.17) is 4.42 Å². The molecule has 0 saturated carbocycles. The molecule has 1 heterocycles. The van der Waals surface area contributed by atoms with Gasteiger partial charge in [0.05, 0.1) is 17.8 Å². The number of amides is 2. The molecule has 33 heavy (non-hydrogen) atoms. The summed E-state index contributed by atoms with van der Waals surface area (Å²) in [6.07, 6.45) is 1.61. The number of hydrogen-bond acceptors (Lipinski definition) is 5. The fourth-order valence-electron chi connectivity index (χ4n) is 4.08. The number of para-hydroxylation sites is 1. The van der Waals surface area contributed by atoms with Crippen LogP contribution in [0.3, 0.4) is 0 Å². The Bertz CT molecular complexity index is 1180. The van der Waals surface area contributed by atoms with Crippen LogP contribution in [0.2, 0.25) is 0 Å². The van der Waals surface area contributed by atoms with Crippen molar-refractivity contribution in [2.75, 3.05) is 5.43 Å². The lowest BCUT2D eigenvalue weighted by Gasteiger charge is -2.29. The van der Waals surface area contributed by atoms with Crippen LogP contribution in [-0.4, -0.2) is 17.5 Å². The van der Waals surface area contributed by atoms with Gasteiger partial charge in [0.1, 0.15) is 5.76 Å². The number of anilines is 1. The van der Waals surface area contributed by atoms with Crippen LogP contribution in [-0.2, 0) is 17.6 Å². The minimum atomic E-state index is -0.489. The van der Waals surface area contributed by atoms with Gasteiger partial charge in [-0.1, -0.05) is 62.4 Å². The number of nitrogens with one attached hydrogen (secondary N) is 3. The topological polar surface area (TPSA) is 95.7 Å². The van der Waals surface area contributed by atoms with E-state index in [9.17, 15) is 9.59 Å². The van der Waals surface area contributed by atoms with Gasteiger partial charge in [-0.25, -0.2) is 0 Å².